The van der Waals surface area contributed by atoms with Gasteiger partial charge in [-0.25, -0.2) is 0 Å². The van der Waals surface area contributed by atoms with E-state index in [1.165, 1.54) is 37.3 Å². The minimum absolute atomic E-state index is 0.0490. The minimum Gasteiger partial charge on any atom is -0.507 e. The van der Waals surface area contributed by atoms with Crippen LogP contribution in [-0.2, 0) is 47.5 Å². The molecule has 316 valence electrons. The van der Waals surface area contributed by atoms with Crippen molar-refractivity contribution >= 4 is 28.9 Å². The highest BCUT2D eigenvalue weighted by atomic mass is 16.7. The molecule has 1 saturated carbocycles. The zero-order valence-corrected chi connectivity index (χ0v) is 33.2. The average molecular weight is 821 g/mol. The molecule has 4 N–H and O–H groups in total. The second-order valence-electron chi connectivity index (χ2n) is 16.8. The molecule has 1 aromatic carbocycles. The van der Waals surface area contributed by atoms with Crippen molar-refractivity contribution in [3.05, 3.63) is 76.4 Å². The number of ether oxygens (including phenoxy) is 7. The number of allylic oxidation sites excluding steroid dienone is 2. The molecular weight excluding hydrogens is 772 g/mol. The van der Waals surface area contributed by atoms with Crippen LogP contribution in [0.25, 0.3) is 0 Å². The predicted molar refractivity (Wildman–Crippen MR) is 201 cm³/mol. The Morgan fingerprint density at radius 3 is 2.14 bits per heavy atom. The van der Waals surface area contributed by atoms with Crippen LogP contribution in [0, 0.1) is 0 Å². The van der Waals surface area contributed by atoms with E-state index in [4.69, 9.17) is 33.2 Å². The van der Waals surface area contributed by atoms with Crippen molar-refractivity contribution in [1.82, 2.24) is 0 Å². The fraction of sp³-hybridized carbons (Fsp3) is 0.558. The van der Waals surface area contributed by atoms with Crippen molar-refractivity contribution in [2.45, 2.75) is 151 Å². The van der Waals surface area contributed by atoms with Gasteiger partial charge in [-0.05, 0) is 77.5 Å². The highest BCUT2D eigenvalue weighted by Gasteiger charge is 2.67. The van der Waals surface area contributed by atoms with E-state index in [1.54, 1.807) is 26.8 Å². The quantitative estimate of drug-likeness (QED) is 0.310. The summed E-state index contributed by atoms with van der Waals surface area (Å²) in [6.07, 6.45) is -0.0765. The van der Waals surface area contributed by atoms with Crippen molar-refractivity contribution in [3.8, 4) is 5.75 Å². The van der Waals surface area contributed by atoms with Crippen LogP contribution in [0.3, 0.4) is 0 Å². The molecule has 4 heterocycles. The summed E-state index contributed by atoms with van der Waals surface area (Å²) in [6, 6.07) is 2.67. The Morgan fingerprint density at radius 2 is 1.47 bits per heavy atom. The summed E-state index contributed by atoms with van der Waals surface area (Å²) in [7, 11) is 0. The van der Waals surface area contributed by atoms with E-state index >= 15 is 0 Å². The molecule has 0 bridgehead atoms. The summed E-state index contributed by atoms with van der Waals surface area (Å²) in [4.78, 5) is 66.0. The Balaban J connectivity index is 0.953. The molecule has 3 fully saturated rings. The van der Waals surface area contributed by atoms with Gasteiger partial charge in [0.2, 0.25) is 0 Å². The Kier molecular flexibility index (Phi) is 10.7. The fourth-order valence-electron chi connectivity index (χ4n) is 9.31. The Morgan fingerprint density at radius 1 is 0.797 bits per heavy atom. The first-order valence-corrected chi connectivity index (χ1v) is 19.9. The molecule has 8 rings (SSSR count). The van der Waals surface area contributed by atoms with Gasteiger partial charge in [-0.15, -0.1) is 0 Å². The van der Waals surface area contributed by atoms with Gasteiger partial charge in [-0.1, -0.05) is 12.1 Å². The summed E-state index contributed by atoms with van der Waals surface area (Å²) in [5.74, 6) is -3.73. The lowest BCUT2D eigenvalue weighted by Gasteiger charge is -2.53. The van der Waals surface area contributed by atoms with Gasteiger partial charge in [0.05, 0.1) is 47.3 Å². The number of fused-ring (bicyclic) bond motifs is 3. The smallest absolute Gasteiger partial charge is 0.198 e. The molecule has 0 amide bonds. The van der Waals surface area contributed by atoms with E-state index in [9.17, 15) is 44.4 Å². The number of Topliss-reactive ketones (excluding diaryl/α,β-unsaturated/α-hetero) is 3. The number of hydrogen-bond acceptors (Lipinski definition) is 16. The van der Waals surface area contributed by atoms with Crippen molar-refractivity contribution < 1.29 is 77.6 Å². The van der Waals surface area contributed by atoms with E-state index in [0.29, 0.717) is 12.8 Å². The second kappa shape index (κ2) is 15.1. The van der Waals surface area contributed by atoms with Gasteiger partial charge in [0.15, 0.2) is 53.4 Å². The third-order valence-corrected chi connectivity index (χ3v) is 12.4. The first-order chi connectivity index (χ1) is 27.8. The summed E-state index contributed by atoms with van der Waals surface area (Å²) in [5, 5.41) is 47.0. The molecule has 16 nitrogen and oxygen atoms in total. The lowest BCUT2D eigenvalue weighted by molar-refractivity contribution is -0.292. The number of ketones is 5. The van der Waals surface area contributed by atoms with Gasteiger partial charge < -0.3 is 53.6 Å². The second-order valence-corrected chi connectivity index (χ2v) is 16.8. The van der Waals surface area contributed by atoms with Crippen molar-refractivity contribution in [3.63, 3.8) is 0 Å². The van der Waals surface area contributed by atoms with Crippen molar-refractivity contribution in [2.24, 2.45) is 0 Å². The van der Waals surface area contributed by atoms with Crippen LogP contribution in [0.1, 0.15) is 99.1 Å². The zero-order valence-electron chi connectivity index (χ0n) is 33.2. The SMILES string of the molecule is CC1OC(OC2CCC(O[C@H]3[C@H](C)O[C@H](c4ccc5c(c4O)C(=O)C4=C(C5=O)[C@]5(O)C(=O)C[C@@](C)(OC6C=CC(=O)C(C)O6)C[C@@]5(O)C=C4)C[C@@H]3O)OC2C)C=CC1=O. The third-order valence-electron chi connectivity index (χ3n) is 12.4. The standard InChI is InChI=1S/C43H48O16/c1-19-26(44)8-11-32(54-19)57-29-10-13-33(56-21(29)3)58-40-22(4)53-30(16-28(40)46)23-6-7-24-35(37(23)48)38(49)25-14-15-42(51)18-41(5,59-34-12-9-27(45)20(2)55-34)17-31(47)43(42,52)36(25)39(24)50/h6-9,11-12,14-15,19-22,28-30,32-34,40,46,48,51-52H,10,13,16-18H2,1-5H3/t19?,20?,21?,22-,28-,29?,30-,32?,33?,34?,40-,41+,42-,43+/m0/s1. The van der Waals surface area contributed by atoms with Crippen LogP contribution in [0.15, 0.2) is 59.7 Å². The molecular formula is C43H48O16. The van der Waals surface area contributed by atoms with E-state index in [2.05, 4.69) is 0 Å². The fourth-order valence-corrected chi connectivity index (χ4v) is 9.31. The number of phenolic OH excluding ortho intramolecular Hbond substituents is 1. The Labute approximate surface area is 339 Å². The maximum atomic E-state index is 14.2. The maximum Gasteiger partial charge on any atom is 0.198 e. The molecule has 4 aliphatic heterocycles. The monoisotopic (exact) mass is 820 g/mol. The summed E-state index contributed by atoms with van der Waals surface area (Å²) < 4.78 is 41.8. The lowest BCUT2D eigenvalue weighted by Crippen LogP contribution is -2.69. The molecule has 7 unspecified atom stereocenters. The number of carbonyl (C=O) groups is 5. The van der Waals surface area contributed by atoms with Gasteiger partial charge in [0, 0.05) is 42.4 Å². The summed E-state index contributed by atoms with van der Waals surface area (Å²) in [6.45, 7) is 8.26. The van der Waals surface area contributed by atoms with Crippen molar-refractivity contribution in [1.29, 1.82) is 0 Å². The number of aliphatic hydroxyl groups is 3. The molecule has 14 atom stereocenters. The van der Waals surface area contributed by atoms with E-state index in [0.717, 1.165) is 12.2 Å². The number of hydrogen-bond donors (Lipinski definition) is 4. The largest absolute Gasteiger partial charge is 0.507 e. The minimum atomic E-state index is -2.83. The highest BCUT2D eigenvalue weighted by molar-refractivity contribution is 6.32. The average Bonchev–Trinajstić information content (AvgIpc) is 3.16. The zero-order chi connectivity index (χ0) is 42.3. The normalized spacial score (nSPS) is 42.2. The molecule has 1 aromatic rings. The molecule has 0 radical (unpaired) electrons. The van der Waals surface area contributed by atoms with Gasteiger partial charge in [-0.3, -0.25) is 24.0 Å². The van der Waals surface area contributed by atoms with Crippen molar-refractivity contribution in [2.75, 3.05) is 0 Å². The maximum absolute atomic E-state index is 14.2. The summed E-state index contributed by atoms with van der Waals surface area (Å²) in [5.41, 5.74) is -8.13. The number of rotatable bonds is 7. The number of aromatic hydroxyl groups is 1. The van der Waals surface area contributed by atoms with E-state index in [1.807, 2.05) is 6.92 Å². The number of phenols is 1. The van der Waals surface area contributed by atoms with Crippen LogP contribution >= 0.6 is 0 Å². The van der Waals surface area contributed by atoms with Crippen LogP contribution in [0.4, 0.5) is 0 Å². The van der Waals surface area contributed by atoms with Gasteiger partial charge in [-0.2, -0.15) is 0 Å². The Hall–Kier alpha value is -4.07. The van der Waals surface area contributed by atoms with Crippen LogP contribution < -0.4 is 0 Å². The molecule has 3 aliphatic carbocycles. The number of aliphatic hydroxyl groups excluding tert-OH is 1. The van der Waals surface area contributed by atoms with Crippen LogP contribution in [0.2, 0.25) is 0 Å². The van der Waals surface area contributed by atoms with Gasteiger partial charge in [0.25, 0.3) is 0 Å². The van der Waals surface area contributed by atoms with Crippen LogP contribution in [-0.4, -0.2) is 128 Å². The Bertz CT molecular complexity index is 2090. The predicted octanol–water partition coefficient (Wildman–Crippen LogP) is 2.48. The number of benzene rings is 1. The highest BCUT2D eigenvalue weighted by Crippen LogP contribution is 2.53. The first kappa shape index (κ1) is 41.7. The topological polar surface area (TPSA) is 231 Å². The van der Waals surface area contributed by atoms with Crippen LogP contribution in [0.5, 0.6) is 5.75 Å². The van der Waals surface area contributed by atoms with Gasteiger partial charge in [0.1, 0.15) is 29.7 Å². The van der Waals surface area contributed by atoms with E-state index < -0.39 is 113 Å². The van der Waals surface area contributed by atoms with E-state index in [-0.39, 0.29) is 52.8 Å². The summed E-state index contributed by atoms with van der Waals surface area (Å²) >= 11 is 0. The molecule has 0 spiro atoms. The number of carbonyl (C=O) groups excluding carboxylic acids is 5. The third kappa shape index (κ3) is 7.12. The molecule has 7 aliphatic rings. The molecule has 16 heteroatoms. The lowest BCUT2D eigenvalue weighted by atomic mass is 9.57. The molecule has 2 saturated heterocycles. The molecule has 59 heavy (non-hydrogen) atoms. The first-order valence-electron chi connectivity index (χ1n) is 19.9. The molecule has 0 aromatic heterocycles. The van der Waals surface area contributed by atoms with Gasteiger partial charge >= 0.3 is 0 Å².